The molecule has 0 spiro atoms. The summed E-state index contributed by atoms with van der Waals surface area (Å²) >= 11 is 0. The molecule has 1 aromatic heterocycles. The Morgan fingerprint density at radius 2 is 2.04 bits per heavy atom. The fraction of sp³-hybridized carbons (Fsp3) is 0.389. The van der Waals surface area contributed by atoms with Crippen molar-refractivity contribution >= 4 is 11.7 Å². The molecule has 1 heterocycles. The van der Waals surface area contributed by atoms with Crippen LogP contribution in [-0.2, 0) is 6.42 Å². The van der Waals surface area contributed by atoms with Gasteiger partial charge in [0.25, 0.3) is 5.91 Å². The largest absolute Gasteiger partial charge is 0.497 e. The second kappa shape index (κ2) is 8.86. The highest BCUT2D eigenvalue weighted by Crippen LogP contribution is 2.13. The lowest BCUT2D eigenvalue weighted by Crippen LogP contribution is -2.25. The summed E-state index contributed by atoms with van der Waals surface area (Å²) in [6.45, 7) is 5.14. The summed E-state index contributed by atoms with van der Waals surface area (Å²) in [5, 5.41) is 6.08. The number of hydrogen-bond donors (Lipinski definition) is 2. The number of nitrogens with one attached hydrogen (secondary N) is 2. The number of ether oxygens (including phenoxy) is 1. The first-order valence-electron chi connectivity index (χ1n) is 8.13. The highest BCUT2D eigenvalue weighted by Gasteiger charge is 2.09. The molecule has 1 amide bonds. The summed E-state index contributed by atoms with van der Waals surface area (Å²) in [5.41, 5.74) is 1.56. The average Bonchev–Trinajstić information content (AvgIpc) is 2.59. The van der Waals surface area contributed by atoms with Crippen LogP contribution in [0.1, 0.15) is 35.2 Å². The topological polar surface area (TPSA) is 76.1 Å². The van der Waals surface area contributed by atoms with Crippen molar-refractivity contribution < 1.29 is 9.53 Å². The number of rotatable bonds is 8. The molecule has 0 fully saturated rings. The highest BCUT2D eigenvalue weighted by molar-refractivity contribution is 5.92. The minimum atomic E-state index is -0.168. The Bertz CT molecular complexity index is 688. The van der Waals surface area contributed by atoms with Crippen molar-refractivity contribution in [2.24, 2.45) is 0 Å². The number of hydrogen-bond acceptors (Lipinski definition) is 5. The molecule has 6 heteroatoms. The smallest absolute Gasteiger partial charge is 0.270 e. The van der Waals surface area contributed by atoms with E-state index >= 15 is 0 Å². The van der Waals surface area contributed by atoms with Gasteiger partial charge in [-0.05, 0) is 37.5 Å². The number of nitrogens with zero attached hydrogens (tertiary/aromatic N) is 2. The van der Waals surface area contributed by atoms with Gasteiger partial charge in [-0.15, -0.1) is 0 Å². The van der Waals surface area contributed by atoms with E-state index in [1.165, 1.54) is 5.56 Å². The quantitative estimate of drug-likeness (QED) is 0.779. The van der Waals surface area contributed by atoms with Gasteiger partial charge >= 0.3 is 0 Å². The molecule has 0 bridgehead atoms. The molecule has 2 aromatic rings. The van der Waals surface area contributed by atoms with Gasteiger partial charge < -0.3 is 15.4 Å². The Kier molecular flexibility index (Phi) is 6.54. The van der Waals surface area contributed by atoms with E-state index in [2.05, 4.69) is 26.7 Å². The van der Waals surface area contributed by atoms with Gasteiger partial charge in [-0.1, -0.05) is 19.1 Å². The Morgan fingerprint density at radius 3 is 2.79 bits per heavy atom. The van der Waals surface area contributed by atoms with Crippen LogP contribution in [0.25, 0.3) is 0 Å². The maximum atomic E-state index is 12.0. The third kappa shape index (κ3) is 5.22. The number of benzene rings is 1. The Balaban J connectivity index is 1.96. The first-order chi connectivity index (χ1) is 11.6. The van der Waals surface area contributed by atoms with Crippen molar-refractivity contribution in [2.75, 3.05) is 25.5 Å². The van der Waals surface area contributed by atoms with Crippen LogP contribution in [0, 0.1) is 6.92 Å². The molecule has 0 atom stereocenters. The molecule has 0 saturated heterocycles. The van der Waals surface area contributed by atoms with Gasteiger partial charge in [0, 0.05) is 19.2 Å². The van der Waals surface area contributed by atoms with Gasteiger partial charge in [-0.25, -0.2) is 9.97 Å². The number of carbonyl (C=O) groups is 1. The molecule has 1 aromatic carbocycles. The van der Waals surface area contributed by atoms with Gasteiger partial charge in [0.2, 0.25) is 0 Å². The molecule has 0 aliphatic rings. The molecule has 2 rings (SSSR count). The number of amides is 1. The molecular formula is C18H24N4O2. The minimum absolute atomic E-state index is 0.168. The van der Waals surface area contributed by atoms with Crippen molar-refractivity contribution in [1.29, 1.82) is 0 Å². The average molecular weight is 328 g/mol. The van der Waals surface area contributed by atoms with Gasteiger partial charge in [0.15, 0.2) is 0 Å². The summed E-state index contributed by atoms with van der Waals surface area (Å²) in [6.07, 6.45) is 1.72. The molecular weight excluding hydrogens is 304 g/mol. The molecule has 24 heavy (non-hydrogen) atoms. The zero-order chi connectivity index (χ0) is 17.4. The van der Waals surface area contributed by atoms with E-state index in [0.29, 0.717) is 30.4 Å². The zero-order valence-corrected chi connectivity index (χ0v) is 14.4. The monoisotopic (exact) mass is 328 g/mol. The molecule has 0 aliphatic carbocycles. The fourth-order valence-electron chi connectivity index (χ4n) is 2.27. The second-order valence-electron chi connectivity index (χ2n) is 5.47. The first-order valence-corrected chi connectivity index (χ1v) is 8.13. The lowest BCUT2D eigenvalue weighted by Gasteiger charge is -2.09. The van der Waals surface area contributed by atoms with Gasteiger partial charge in [-0.3, -0.25) is 4.79 Å². The number of methoxy groups -OCH3 is 1. The Labute approximate surface area is 142 Å². The molecule has 128 valence electrons. The number of anilines is 1. The van der Waals surface area contributed by atoms with Crippen molar-refractivity contribution in [3.05, 3.63) is 47.4 Å². The van der Waals surface area contributed by atoms with Crippen molar-refractivity contribution in [2.45, 2.75) is 26.7 Å². The number of aryl methyl sites for hydroxylation is 1. The zero-order valence-electron chi connectivity index (χ0n) is 14.4. The Hall–Kier alpha value is -2.63. The third-order valence-corrected chi connectivity index (χ3v) is 3.46. The number of aromatic nitrogens is 2. The van der Waals surface area contributed by atoms with Crippen molar-refractivity contribution in [1.82, 2.24) is 15.3 Å². The van der Waals surface area contributed by atoms with Crippen LogP contribution in [0.3, 0.4) is 0 Å². The molecule has 0 saturated carbocycles. The predicted octanol–water partition coefficient (Wildman–Crippen LogP) is 2.59. The maximum absolute atomic E-state index is 12.0. The lowest BCUT2D eigenvalue weighted by molar-refractivity contribution is 0.0948. The summed E-state index contributed by atoms with van der Waals surface area (Å²) in [4.78, 5) is 20.6. The summed E-state index contributed by atoms with van der Waals surface area (Å²) < 4.78 is 5.22. The number of carbonyl (C=O) groups excluding carboxylic acids is 1. The van der Waals surface area contributed by atoms with Gasteiger partial charge in [0.05, 0.1) is 7.11 Å². The van der Waals surface area contributed by atoms with E-state index in [0.717, 1.165) is 18.6 Å². The van der Waals surface area contributed by atoms with E-state index in [-0.39, 0.29) is 5.91 Å². The Morgan fingerprint density at radius 1 is 1.21 bits per heavy atom. The third-order valence-electron chi connectivity index (χ3n) is 3.46. The van der Waals surface area contributed by atoms with Crippen LogP contribution in [0.2, 0.25) is 0 Å². The van der Waals surface area contributed by atoms with Crippen LogP contribution in [0.4, 0.5) is 5.82 Å². The summed E-state index contributed by atoms with van der Waals surface area (Å²) in [7, 11) is 1.66. The fourth-order valence-corrected chi connectivity index (χ4v) is 2.27. The van der Waals surface area contributed by atoms with E-state index in [9.17, 15) is 4.79 Å². The molecule has 2 N–H and O–H groups in total. The second-order valence-corrected chi connectivity index (χ2v) is 5.47. The first kappa shape index (κ1) is 17.7. The SMILES string of the molecule is CCCNC(=O)c1cc(NCCc2cccc(OC)c2)nc(C)n1. The summed E-state index contributed by atoms with van der Waals surface area (Å²) in [5.74, 6) is 1.91. The molecule has 6 nitrogen and oxygen atoms in total. The normalized spacial score (nSPS) is 10.3. The van der Waals surface area contributed by atoms with Crippen molar-refractivity contribution in [3.8, 4) is 5.75 Å². The van der Waals surface area contributed by atoms with Crippen LogP contribution < -0.4 is 15.4 Å². The van der Waals surface area contributed by atoms with Gasteiger partial charge in [0.1, 0.15) is 23.1 Å². The lowest BCUT2D eigenvalue weighted by atomic mass is 10.1. The predicted molar refractivity (Wildman–Crippen MR) is 94.6 cm³/mol. The molecule has 0 radical (unpaired) electrons. The standard InChI is InChI=1S/C18H24N4O2/c1-4-9-20-18(23)16-12-17(22-13(2)21-16)19-10-8-14-6-5-7-15(11-14)24-3/h5-7,11-12H,4,8-10H2,1-3H3,(H,20,23)(H,19,21,22). The van der Waals surface area contributed by atoms with Crippen LogP contribution in [0.15, 0.2) is 30.3 Å². The van der Waals surface area contributed by atoms with Crippen LogP contribution >= 0.6 is 0 Å². The maximum Gasteiger partial charge on any atom is 0.270 e. The van der Waals surface area contributed by atoms with Gasteiger partial charge in [-0.2, -0.15) is 0 Å². The van der Waals surface area contributed by atoms with E-state index < -0.39 is 0 Å². The summed E-state index contributed by atoms with van der Waals surface area (Å²) in [6, 6.07) is 9.64. The minimum Gasteiger partial charge on any atom is -0.497 e. The molecule has 0 unspecified atom stereocenters. The van der Waals surface area contributed by atoms with E-state index in [4.69, 9.17) is 4.74 Å². The van der Waals surface area contributed by atoms with Crippen LogP contribution in [-0.4, -0.2) is 36.1 Å². The van der Waals surface area contributed by atoms with E-state index in [1.807, 2.05) is 25.1 Å². The van der Waals surface area contributed by atoms with E-state index in [1.54, 1.807) is 20.1 Å². The van der Waals surface area contributed by atoms with Crippen molar-refractivity contribution in [3.63, 3.8) is 0 Å². The molecule has 0 aliphatic heterocycles. The van der Waals surface area contributed by atoms with Crippen LogP contribution in [0.5, 0.6) is 5.75 Å². The highest BCUT2D eigenvalue weighted by atomic mass is 16.5.